The third kappa shape index (κ3) is 3.77. The van der Waals surface area contributed by atoms with Gasteiger partial charge in [-0.25, -0.2) is 4.21 Å². The summed E-state index contributed by atoms with van der Waals surface area (Å²) >= 11 is 0. The van der Waals surface area contributed by atoms with Crippen LogP contribution in [0.2, 0.25) is 0 Å². The number of ether oxygens (including phenoxy) is 1. The minimum atomic E-state index is -1.37. The number of non-ortho nitro benzene ring substituents is 1. The first kappa shape index (κ1) is 18.1. The molecule has 0 aliphatic carbocycles. The van der Waals surface area contributed by atoms with Gasteiger partial charge in [-0.3, -0.25) is 10.1 Å². The molecule has 0 saturated heterocycles. The normalized spacial score (nSPS) is 17.5. The highest BCUT2D eigenvalue weighted by Crippen LogP contribution is 2.38. The number of nitrogens with one attached hydrogen (secondary N) is 1. The minimum Gasteiger partial charge on any atom is -0.481 e. The molecule has 2 aromatic carbocycles. The summed E-state index contributed by atoms with van der Waals surface area (Å²) < 4.78 is 21.1. The van der Waals surface area contributed by atoms with E-state index in [1.807, 2.05) is 57.2 Å². The van der Waals surface area contributed by atoms with Crippen LogP contribution in [0.4, 0.5) is 5.69 Å². The lowest BCUT2D eigenvalue weighted by molar-refractivity contribution is -0.384. The summed E-state index contributed by atoms with van der Waals surface area (Å²) in [6.45, 7) is 5.58. The van der Waals surface area contributed by atoms with Crippen molar-refractivity contribution in [2.45, 2.75) is 31.6 Å². The lowest BCUT2D eigenvalue weighted by Crippen LogP contribution is -2.33. The van der Waals surface area contributed by atoms with Crippen LogP contribution in [0.15, 0.2) is 54.6 Å². The van der Waals surface area contributed by atoms with Gasteiger partial charge in [0.25, 0.3) is 5.69 Å². The quantitative estimate of drug-likeness (QED) is 0.646. The number of fused-ring (bicyclic) bond motifs is 1. The second kappa shape index (κ2) is 6.92. The number of benzene rings is 2. The second-order valence-corrected chi connectivity index (χ2v) is 8.92. The molecule has 0 spiro atoms. The van der Waals surface area contributed by atoms with Crippen LogP contribution < -0.4 is 9.46 Å². The molecule has 0 fully saturated rings. The molecule has 2 aromatic rings. The van der Waals surface area contributed by atoms with Gasteiger partial charge in [0.2, 0.25) is 0 Å². The first-order valence-corrected chi connectivity index (χ1v) is 9.31. The van der Waals surface area contributed by atoms with Gasteiger partial charge in [0.15, 0.2) is 0 Å². The van der Waals surface area contributed by atoms with Crippen molar-refractivity contribution in [3.63, 3.8) is 0 Å². The maximum Gasteiger partial charge on any atom is 0.270 e. The van der Waals surface area contributed by atoms with Gasteiger partial charge in [-0.1, -0.05) is 30.3 Å². The molecular formula is C19H20N2O4S. The fraction of sp³-hybridized carbons (Fsp3) is 0.263. The predicted octanol–water partition coefficient (Wildman–Crippen LogP) is 4.12. The van der Waals surface area contributed by atoms with Gasteiger partial charge in [0.1, 0.15) is 22.8 Å². The van der Waals surface area contributed by atoms with Gasteiger partial charge < -0.3 is 9.46 Å². The van der Waals surface area contributed by atoms with Gasteiger partial charge in [-0.15, -0.1) is 0 Å². The topological polar surface area (TPSA) is 81.5 Å². The summed E-state index contributed by atoms with van der Waals surface area (Å²) in [7, 11) is -1.37. The van der Waals surface area contributed by atoms with Crippen molar-refractivity contribution in [3.8, 4) is 5.75 Å². The van der Waals surface area contributed by atoms with E-state index in [4.69, 9.17) is 4.74 Å². The van der Waals surface area contributed by atoms with Crippen molar-refractivity contribution < 1.29 is 13.9 Å². The summed E-state index contributed by atoms with van der Waals surface area (Å²) in [4.78, 5) is 10.7. The van der Waals surface area contributed by atoms with Gasteiger partial charge >= 0.3 is 0 Å². The van der Waals surface area contributed by atoms with E-state index in [0.29, 0.717) is 17.0 Å². The van der Waals surface area contributed by atoms with Crippen LogP contribution in [0.3, 0.4) is 0 Å². The lowest BCUT2D eigenvalue weighted by Gasteiger charge is -2.28. The van der Waals surface area contributed by atoms with Crippen molar-refractivity contribution >= 4 is 22.4 Å². The van der Waals surface area contributed by atoms with Crippen LogP contribution in [-0.2, 0) is 11.0 Å². The molecule has 6 nitrogen and oxygen atoms in total. The molecule has 7 heteroatoms. The van der Waals surface area contributed by atoms with E-state index in [0.717, 1.165) is 5.56 Å². The van der Waals surface area contributed by atoms with E-state index in [1.165, 1.54) is 12.1 Å². The number of hydrogen-bond acceptors (Lipinski definition) is 4. The summed E-state index contributed by atoms with van der Waals surface area (Å²) in [6.07, 6.45) is 1.44. The van der Waals surface area contributed by atoms with E-state index in [1.54, 1.807) is 6.07 Å². The largest absolute Gasteiger partial charge is 0.481 e. The van der Waals surface area contributed by atoms with E-state index >= 15 is 0 Å². The molecule has 0 saturated carbocycles. The Morgan fingerprint density at radius 3 is 2.46 bits per heavy atom. The zero-order chi connectivity index (χ0) is 18.9. The highest BCUT2D eigenvalue weighted by atomic mass is 32.2. The fourth-order valence-electron chi connectivity index (χ4n) is 2.51. The Morgan fingerprint density at radius 1 is 1.15 bits per heavy atom. The van der Waals surface area contributed by atoms with E-state index in [2.05, 4.69) is 4.72 Å². The number of nitrogens with zero attached hydrogens (tertiary/aromatic N) is 1. The Morgan fingerprint density at radius 2 is 1.85 bits per heavy atom. The SMILES string of the molecule is CC(C)(C)S(=O)NC1=CC(c2ccccc2)Oc2ccc([N+](=O)[O-])cc21. The molecule has 2 atom stereocenters. The van der Waals surface area contributed by atoms with E-state index in [9.17, 15) is 14.3 Å². The Balaban J connectivity index is 2.05. The second-order valence-electron chi connectivity index (χ2n) is 6.95. The van der Waals surface area contributed by atoms with Crippen LogP contribution in [0.5, 0.6) is 5.75 Å². The molecule has 0 bridgehead atoms. The zero-order valence-electron chi connectivity index (χ0n) is 14.8. The smallest absolute Gasteiger partial charge is 0.270 e. The lowest BCUT2D eigenvalue weighted by atomic mass is 10.0. The fourth-order valence-corrected chi connectivity index (χ4v) is 3.19. The van der Waals surface area contributed by atoms with Crippen LogP contribution in [-0.4, -0.2) is 13.9 Å². The zero-order valence-corrected chi connectivity index (χ0v) is 15.6. The highest BCUT2D eigenvalue weighted by molar-refractivity contribution is 7.84. The average Bonchev–Trinajstić information content (AvgIpc) is 2.61. The first-order chi connectivity index (χ1) is 12.3. The standard InChI is InChI=1S/C19H20N2O4S/c1-19(2,3)26(24)20-16-12-18(13-7-5-4-6-8-13)25-17-10-9-14(21(22)23)11-15(16)17/h4-12,18,20H,1-3H3. The summed E-state index contributed by atoms with van der Waals surface area (Å²) in [5.74, 6) is 0.514. The summed E-state index contributed by atoms with van der Waals surface area (Å²) in [6, 6.07) is 14.1. The Labute approximate surface area is 154 Å². The Kier molecular flexibility index (Phi) is 4.82. The maximum atomic E-state index is 12.6. The van der Waals surface area contributed by atoms with Crippen molar-refractivity contribution in [1.29, 1.82) is 0 Å². The molecule has 1 N–H and O–H groups in total. The van der Waals surface area contributed by atoms with Gasteiger partial charge in [-0.2, -0.15) is 0 Å². The van der Waals surface area contributed by atoms with Gasteiger partial charge in [0, 0.05) is 17.7 Å². The molecule has 0 radical (unpaired) electrons. The van der Waals surface area contributed by atoms with Crippen molar-refractivity contribution in [3.05, 3.63) is 75.8 Å². The molecule has 3 rings (SSSR count). The third-order valence-electron chi connectivity index (χ3n) is 3.92. The number of nitro benzene ring substituents is 1. The summed E-state index contributed by atoms with van der Waals surface area (Å²) in [5, 5.41) is 11.1. The van der Waals surface area contributed by atoms with Crippen LogP contribution in [0.1, 0.15) is 38.0 Å². The van der Waals surface area contributed by atoms with Crippen LogP contribution in [0.25, 0.3) is 5.70 Å². The Hall–Kier alpha value is -2.67. The van der Waals surface area contributed by atoms with Crippen LogP contribution in [0, 0.1) is 10.1 Å². The molecule has 136 valence electrons. The Bertz CT molecular complexity index is 888. The monoisotopic (exact) mass is 372 g/mol. The maximum absolute atomic E-state index is 12.6. The predicted molar refractivity (Wildman–Crippen MR) is 102 cm³/mol. The first-order valence-electron chi connectivity index (χ1n) is 8.16. The molecule has 0 aromatic heterocycles. The van der Waals surface area contributed by atoms with Crippen molar-refractivity contribution in [2.24, 2.45) is 0 Å². The molecule has 1 heterocycles. The van der Waals surface area contributed by atoms with Crippen molar-refractivity contribution in [1.82, 2.24) is 4.72 Å². The number of hydrogen-bond donors (Lipinski definition) is 1. The van der Waals surface area contributed by atoms with Crippen LogP contribution >= 0.6 is 0 Å². The molecule has 1 aliphatic rings. The average molecular weight is 372 g/mol. The molecule has 1 aliphatic heterocycles. The van der Waals surface area contributed by atoms with Gasteiger partial charge in [0.05, 0.1) is 15.4 Å². The number of rotatable bonds is 4. The van der Waals surface area contributed by atoms with Gasteiger partial charge in [-0.05, 0) is 38.5 Å². The van der Waals surface area contributed by atoms with E-state index in [-0.39, 0.29) is 11.8 Å². The molecular weight excluding hydrogens is 352 g/mol. The summed E-state index contributed by atoms with van der Waals surface area (Å²) in [5.41, 5.74) is 2.00. The molecule has 26 heavy (non-hydrogen) atoms. The third-order valence-corrected chi connectivity index (χ3v) is 5.44. The number of nitro groups is 1. The molecule has 2 unspecified atom stereocenters. The molecule has 0 amide bonds. The van der Waals surface area contributed by atoms with Crippen molar-refractivity contribution in [2.75, 3.05) is 0 Å². The van der Waals surface area contributed by atoms with E-state index < -0.39 is 20.7 Å². The highest BCUT2D eigenvalue weighted by Gasteiger charge is 2.28. The minimum absolute atomic E-state index is 0.0419.